The fourth-order valence-electron chi connectivity index (χ4n) is 0.701. The van der Waals surface area contributed by atoms with Crippen LogP contribution in [0.4, 0.5) is 13.2 Å². The van der Waals surface area contributed by atoms with Gasteiger partial charge in [-0.3, -0.25) is 4.74 Å². The number of halogens is 3. The minimum absolute atomic E-state index is 1.06. The van der Waals surface area contributed by atoms with Crippen molar-refractivity contribution in [3.8, 4) is 0 Å². The smallest absolute Gasteiger partial charge is 0.324 e. The molecule has 0 aromatic carbocycles. The highest BCUT2D eigenvalue weighted by molar-refractivity contribution is 4.92. The summed E-state index contributed by atoms with van der Waals surface area (Å²) in [6.45, 7) is 0. The molecule has 1 N–H and O–H groups in total. The number of nitrogens with zero attached hydrogens (tertiary/aromatic N) is 1. The predicted octanol–water partition coefficient (Wildman–Crippen LogP) is 0.813. The van der Waals surface area contributed by atoms with E-state index in [0.717, 1.165) is 0 Å². The molecule has 0 amide bonds. The van der Waals surface area contributed by atoms with Crippen LogP contribution in [0.3, 0.4) is 0 Å². The van der Waals surface area contributed by atoms with Crippen molar-refractivity contribution in [3.63, 3.8) is 0 Å². The van der Waals surface area contributed by atoms with Crippen LogP contribution in [0.1, 0.15) is 0 Å². The molecule has 0 bridgehead atoms. The van der Waals surface area contributed by atoms with Crippen molar-refractivity contribution in [1.29, 1.82) is 0 Å². The Morgan fingerprint density at radius 1 is 1.55 bits per heavy atom. The van der Waals surface area contributed by atoms with E-state index in [1.54, 1.807) is 0 Å². The summed E-state index contributed by atoms with van der Waals surface area (Å²) < 4.78 is 38.4. The number of hydrogen-bond acceptors (Lipinski definition) is 3. The van der Waals surface area contributed by atoms with Crippen molar-refractivity contribution in [2.75, 3.05) is 7.05 Å². The van der Waals surface area contributed by atoms with Gasteiger partial charge in [0.1, 0.15) is 0 Å². The standard InChI is InChI=1S/C5H7F3N2O/c1-10-4(2-3-9-10)11-5(6,7)8/h2-4,9H,1H3. The van der Waals surface area contributed by atoms with Crippen LogP contribution in [0.25, 0.3) is 0 Å². The fourth-order valence-corrected chi connectivity index (χ4v) is 0.701. The van der Waals surface area contributed by atoms with E-state index in [9.17, 15) is 13.2 Å². The summed E-state index contributed by atoms with van der Waals surface area (Å²) in [7, 11) is 1.45. The molecule has 0 saturated heterocycles. The number of alkyl halides is 3. The van der Waals surface area contributed by atoms with Crippen LogP contribution in [-0.4, -0.2) is 24.6 Å². The number of likely N-dealkylation sites (N-methyl/N-ethyl adjacent to an activating group) is 1. The van der Waals surface area contributed by atoms with Crippen LogP contribution in [0.15, 0.2) is 12.3 Å². The molecule has 3 nitrogen and oxygen atoms in total. The molecule has 1 atom stereocenters. The minimum Gasteiger partial charge on any atom is -0.324 e. The van der Waals surface area contributed by atoms with Crippen molar-refractivity contribution in [2.45, 2.75) is 12.6 Å². The molecule has 0 aliphatic carbocycles. The van der Waals surface area contributed by atoms with Crippen LogP contribution >= 0.6 is 0 Å². The molecule has 0 radical (unpaired) electrons. The van der Waals surface area contributed by atoms with E-state index in [2.05, 4.69) is 10.2 Å². The van der Waals surface area contributed by atoms with Gasteiger partial charge in [0, 0.05) is 13.2 Å². The lowest BCUT2D eigenvalue weighted by Crippen LogP contribution is -2.38. The first kappa shape index (κ1) is 8.35. The quantitative estimate of drug-likeness (QED) is 0.627. The molecular formula is C5H7F3N2O. The first-order valence-electron chi connectivity index (χ1n) is 2.89. The topological polar surface area (TPSA) is 24.5 Å². The van der Waals surface area contributed by atoms with Gasteiger partial charge in [-0.2, -0.15) is 5.01 Å². The average Bonchev–Trinajstić information content (AvgIpc) is 2.12. The van der Waals surface area contributed by atoms with Gasteiger partial charge in [-0.25, -0.2) is 0 Å². The predicted molar refractivity (Wildman–Crippen MR) is 31.0 cm³/mol. The Kier molecular flexibility index (Phi) is 2.05. The van der Waals surface area contributed by atoms with Gasteiger partial charge < -0.3 is 5.43 Å². The molecule has 0 spiro atoms. The Balaban J connectivity index is 2.43. The molecule has 64 valence electrons. The number of hydrogen-bond donors (Lipinski definition) is 1. The molecular weight excluding hydrogens is 161 g/mol. The highest BCUT2D eigenvalue weighted by atomic mass is 19.4. The minimum atomic E-state index is -4.59. The second-order valence-electron chi connectivity index (χ2n) is 2.05. The second-order valence-corrected chi connectivity index (χ2v) is 2.05. The number of hydrazine groups is 1. The zero-order valence-corrected chi connectivity index (χ0v) is 5.72. The third-order valence-corrected chi connectivity index (χ3v) is 1.18. The zero-order chi connectivity index (χ0) is 8.48. The first-order chi connectivity index (χ1) is 4.99. The monoisotopic (exact) mass is 168 g/mol. The molecule has 11 heavy (non-hydrogen) atoms. The van der Waals surface area contributed by atoms with Crippen LogP contribution in [-0.2, 0) is 4.74 Å². The van der Waals surface area contributed by atoms with E-state index in [1.807, 2.05) is 0 Å². The molecule has 0 fully saturated rings. The third kappa shape index (κ3) is 2.39. The van der Waals surface area contributed by atoms with Gasteiger partial charge in [-0.1, -0.05) is 0 Å². The normalized spacial score (nSPS) is 25.6. The maximum Gasteiger partial charge on any atom is 0.524 e. The van der Waals surface area contributed by atoms with Gasteiger partial charge in [0.2, 0.25) is 0 Å². The second kappa shape index (κ2) is 2.71. The lowest BCUT2D eigenvalue weighted by molar-refractivity contribution is -0.351. The summed E-state index contributed by atoms with van der Waals surface area (Å²) in [6.07, 6.45) is -2.99. The Hall–Kier alpha value is -0.750. The van der Waals surface area contributed by atoms with Crippen LogP contribution in [0.2, 0.25) is 0 Å². The van der Waals surface area contributed by atoms with Gasteiger partial charge in [-0.05, 0) is 6.08 Å². The lowest BCUT2D eigenvalue weighted by Gasteiger charge is -2.20. The van der Waals surface area contributed by atoms with E-state index in [-0.39, 0.29) is 0 Å². The molecule has 0 saturated carbocycles. The Morgan fingerprint density at radius 2 is 2.18 bits per heavy atom. The Morgan fingerprint density at radius 3 is 2.55 bits per heavy atom. The summed E-state index contributed by atoms with van der Waals surface area (Å²) in [5.41, 5.74) is 2.52. The largest absolute Gasteiger partial charge is 0.524 e. The van der Waals surface area contributed by atoms with Crippen LogP contribution < -0.4 is 5.43 Å². The number of ether oxygens (including phenoxy) is 1. The molecule has 1 heterocycles. The first-order valence-corrected chi connectivity index (χ1v) is 2.89. The SMILES string of the molecule is CN1NC=CC1OC(F)(F)F. The highest BCUT2D eigenvalue weighted by Crippen LogP contribution is 2.21. The summed E-state index contributed by atoms with van der Waals surface area (Å²) in [6, 6.07) is 0. The van der Waals surface area contributed by atoms with Crippen molar-refractivity contribution in [2.24, 2.45) is 0 Å². The van der Waals surface area contributed by atoms with E-state index in [0.29, 0.717) is 0 Å². The molecule has 1 unspecified atom stereocenters. The van der Waals surface area contributed by atoms with Crippen molar-refractivity contribution >= 4 is 0 Å². The molecule has 0 aromatic heterocycles. The van der Waals surface area contributed by atoms with Crippen LogP contribution in [0, 0.1) is 0 Å². The summed E-state index contributed by atoms with van der Waals surface area (Å²) in [5.74, 6) is 0. The molecule has 6 heteroatoms. The highest BCUT2D eigenvalue weighted by Gasteiger charge is 2.35. The summed E-state index contributed by atoms with van der Waals surface area (Å²) in [5, 5.41) is 1.20. The zero-order valence-electron chi connectivity index (χ0n) is 5.72. The number of rotatable bonds is 1. The van der Waals surface area contributed by atoms with E-state index >= 15 is 0 Å². The average molecular weight is 168 g/mol. The van der Waals surface area contributed by atoms with E-state index in [1.165, 1.54) is 24.3 Å². The van der Waals surface area contributed by atoms with Crippen LogP contribution in [0.5, 0.6) is 0 Å². The van der Waals surface area contributed by atoms with E-state index in [4.69, 9.17) is 0 Å². The van der Waals surface area contributed by atoms with E-state index < -0.39 is 12.6 Å². The summed E-state index contributed by atoms with van der Waals surface area (Å²) in [4.78, 5) is 0. The van der Waals surface area contributed by atoms with Gasteiger partial charge >= 0.3 is 6.36 Å². The van der Waals surface area contributed by atoms with Crippen molar-refractivity contribution in [3.05, 3.63) is 12.3 Å². The molecule has 1 aliphatic rings. The Labute approximate surface area is 61.4 Å². The lowest BCUT2D eigenvalue weighted by atomic mass is 10.5. The van der Waals surface area contributed by atoms with Crippen molar-refractivity contribution in [1.82, 2.24) is 10.4 Å². The molecule has 0 aromatic rings. The maximum atomic E-state index is 11.6. The molecule has 1 aliphatic heterocycles. The fraction of sp³-hybridized carbons (Fsp3) is 0.600. The van der Waals surface area contributed by atoms with Gasteiger partial charge in [-0.15, -0.1) is 13.2 Å². The van der Waals surface area contributed by atoms with Gasteiger partial charge in [0.05, 0.1) is 0 Å². The maximum absolute atomic E-state index is 11.6. The number of nitrogens with one attached hydrogen (secondary N) is 1. The summed E-state index contributed by atoms with van der Waals surface area (Å²) >= 11 is 0. The molecule has 1 rings (SSSR count). The van der Waals surface area contributed by atoms with Crippen molar-refractivity contribution < 1.29 is 17.9 Å². The Bertz CT molecular complexity index is 168. The third-order valence-electron chi connectivity index (χ3n) is 1.18. The van der Waals surface area contributed by atoms with Gasteiger partial charge in [0.15, 0.2) is 6.23 Å². The van der Waals surface area contributed by atoms with Gasteiger partial charge in [0.25, 0.3) is 0 Å².